The Bertz CT molecular complexity index is 358. The summed E-state index contributed by atoms with van der Waals surface area (Å²) in [4.78, 5) is 4.58. The largest absolute Gasteiger partial charge is 0.339 e. The minimum absolute atomic E-state index is 0.503. The van der Waals surface area contributed by atoms with Crippen LogP contribution in [-0.4, -0.2) is 23.2 Å². The number of aryl methyl sites for hydroxylation is 1. The lowest BCUT2D eigenvalue weighted by molar-refractivity contribution is 0.357. The van der Waals surface area contributed by atoms with Gasteiger partial charge in [0, 0.05) is 12.3 Å². The van der Waals surface area contributed by atoms with E-state index in [1.807, 2.05) is 0 Å². The van der Waals surface area contributed by atoms with Crippen molar-refractivity contribution >= 4 is 0 Å². The smallest absolute Gasteiger partial charge is 0.226 e. The molecule has 2 rings (SSSR count). The number of rotatable bonds is 9. The predicted molar refractivity (Wildman–Crippen MR) is 80.8 cm³/mol. The third kappa shape index (κ3) is 5.23. The maximum atomic E-state index is 5.38. The van der Waals surface area contributed by atoms with E-state index in [4.69, 9.17) is 4.52 Å². The van der Waals surface area contributed by atoms with Crippen molar-refractivity contribution in [1.29, 1.82) is 0 Å². The van der Waals surface area contributed by atoms with E-state index in [9.17, 15) is 0 Å². The molecule has 4 nitrogen and oxygen atoms in total. The summed E-state index contributed by atoms with van der Waals surface area (Å²) in [5.41, 5.74) is 0. The fourth-order valence-corrected chi connectivity index (χ4v) is 2.85. The van der Waals surface area contributed by atoms with Gasteiger partial charge < -0.3 is 9.84 Å². The normalized spacial score (nSPS) is 16.6. The SMILES string of the molecule is CCCCCCCCCc1nc(C2CCNCC2)no1. The van der Waals surface area contributed by atoms with E-state index in [-0.39, 0.29) is 0 Å². The summed E-state index contributed by atoms with van der Waals surface area (Å²) in [6, 6.07) is 0. The zero-order valence-corrected chi connectivity index (χ0v) is 12.9. The summed E-state index contributed by atoms with van der Waals surface area (Å²) in [6.07, 6.45) is 12.5. The molecule has 1 aromatic rings. The van der Waals surface area contributed by atoms with Gasteiger partial charge in [0.15, 0.2) is 5.82 Å². The maximum absolute atomic E-state index is 5.38. The van der Waals surface area contributed by atoms with Crippen LogP contribution >= 0.6 is 0 Å². The quantitative estimate of drug-likeness (QED) is 0.698. The first-order valence-corrected chi connectivity index (χ1v) is 8.43. The molecule has 1 aliphatic rings. The highest BCUT2D eigenvalue weighted by molar-refractivity contribution is 4.97. The van der Waals surface area contributed by atoms with Crippen LogP contribution in [0, 0.1) is 0 Å². The monoisotopic (exact) mass is 279 g/mol. The van der Waals surface area contributed by atoms with Gasteiger partial charge in [0.05, 0.1) is 0 Å². The van der Waals surface area contributed by atoms with Crippen molar-refractivity contribution in [2.75, 3.05) is 13.1 Å². The van der Waals surface area contributed by atoms with Gasteiger partial charge in [-0.25, -0.2) is 0 Å². The van der Waals surface area contributed by atoms with Gasteiger partial charge >= 0.3 is 0 Å². The number of nitrogens with one attached hydrogen (secondary N) is 1. The van der Waals surface area contributed by atoms with E-state index >= 15 is 0 Å². The van der Waals surface area contributed by atoms with Gasteiger partial charge in [-0.15, -0.1) is 0 Å². The maximum Gasteiger partial charge on any atom is 0.226 e. The van der Waals surface area contributed by atoms with Crippen molar-refractivity contribution in [2.24, 2.45) is 0 Å². The fraction of sp³-hybridized carbons (Fsp3) is 0.875. The van der Waals surface area contributed by atoms with Crippen LogP contribution in [0.1, 0.15) is 82.3 Å². The zero-order valence-electron chi connectivity index (χ0n) is 12.9. The Balaban J connectivity index is 1.60. The zero-order chi connectivity index (χ0) is 14.0. The Morgan fingerprint density at radius 2 is 1.75 bits per heavy atom. The predicted octanol–water partition coefficient (Wildman–Crippen LogP) is 3.83. The van der Waals surface area contributed by atoms with Crippen molar-refractivity contribution in [3.8, 4) is 0 Å². The van der Waals surface area contributed by atoms with Gasteiger partial charge in [-0.2, -0.15) is 4.98 Å². The van der Waals surface area contributed by atoms with Crippen molar-refractivity contribution < 1.29 is 4.52 Å². The summed E-state index contributed by atoms with van der Waals surface area (Å²) < 4.78 is 5.38. The minimum atomic E-state index is 0.503. The number of aromatic nitrogens is 2. The third-order valence-corrected chi connectivity index (χ3v) is 4.18. The first kappa shape index (κ1) is 15.5. The van der Waals surface area contributed by atoms with E-state index in [0.717, 1.165) is 44.1 Å². The molecule has 4 heteroatoms. The van der Waals surface area contributed by atoms with Gasteiger partial charge in [-0.1, -0.05) is 50.6 Å². The number of hydrogen-bond acceptors (Lipinski definition) is 4. The standard InChI is InChI=1S/C16H29N3O/c1-2-3-4-5-6-7-8-9-15-18-16(19-20-15)14-10-12-17-13-11-14/h14,17H,2-13H2,1H3. The second kappa shape index (κ2) is 9.11. The summed E-state index contributed by atoms with van der Waals surface area (Å²) in [7, 11) is 0. The number of nitrogens with zero attached hydrogens (tertiary/aromatic N) is 2. The summed E-state index contributed by atoms with van der Waals surface area (Å²) >= 11 is 0. The Kier molecular flexibility index (Phi) is 7.06. The molecule has 0 aromatic carbocycles. The molecule has 1 fully saturated rings. The van der Waals surface area contributed by atoms with Gasteiger partial charge in [0.2, 0.25) is 5.89 Å². The number of piperidine rings is 1. The van der Waals surface area contributed by atoms with Crippen molar-refractivity contribution in [3.63, 3.8) is 0 Å². The Labute approximate surface area is 122 Å². The highest BCUT2D eigenvalue weighted by Crippen LogP contribution is 2.22. The Morgan fingerprint density at radius 1 is 1.05 bits per heavy atom. The van der Waals surface area contributed by atoms with Gasteiger partial charge in [-0.05, 0) is 32.4 Å². The Morgan fingerprint density at radius 3 is 2.50 bits per heavy atom. The van der Waals surface area contributed by atoms with E-state index < -0.39 is 0 Å². The lowest BCUT2D eigenvalue weighted by Crippen LogP contribution is -2.27. The van der Waals surface area contributed by atoms with E-state index in [0.29, 0.717) is 5.92 Å². The van der Waals surface area contributed by atoms with Crippen LogP contribution in [-0.2, 0) is 6.42 Å². The molecule has 0 aliphatic carbocycles. The highest BCUT2D eigenvalue weighted by Gasteiger charge is 2.20. The molecule has 1 N–H and O–H groups in total. The third-order valence-electron chi connectivity index (χ3n) is 4.18. The molecule has 0 atom stereocenters. The summed E-state index contributed by atoms with van der Waals surface area (Å²) in [6.45, 7) is 4.41. The lowest BCUT2D eigenvalue weighted by atomic mass is 9.98. The van der Waals surface area contributed by atoms with Gasteiger partial charge in [-0.3, -0.25) is 0 Å². The average Bonchev–Trinajstić information content (AvgIpc) is 2.96. The molecular formula is C16H29N3O. The fourth-order valence-electron chi connectivity index (χ4n) is 2.85. The van der Waals surface area contributed by atoms with Crippen LogP contribution in [0.5, 0.6) is 0 Å². The lowest BCUT2D eigenvalue weighted by Gasteiger charge is -2.18. The van der Waals surface area contributed by atoms with E-state index in [1.165, 1.54) is 44.9 Å². The second-order valence-corrected chi connectivity index (χ2v) is 5.94. The van der Waals surface area contributed by atoms with E-state index in [1.54, 1.807) is 0 Å². The first-order valence-electron chi connectivity index (χ1n) is 8.43. The minimum Gasteiger partial charge on any atom is -0.339 e. The van der Waals surface area contributed by atoms with E-state index in [2.05, 4.69) is 22.4 Å². The second-order valence-electron chi connectivity index (χ2n) is 5.94. The van der Waals surface area contributed by atoms with Crippen LogP contribution < -0.4 is 5.32 Å². The van der Waals surface area contributed by atoms with Crippen molar-refractivity contribution in [1.82, 2.24) is 15.5 Å². The van der Waals surface area contributed by atoms with Crippen molar-refractivity contribution in [3.05, 3.63) is 11.7 Å². The summed E-state index contributed by atoms with van der Waals surface area (Å²) in [5, 5.41) is 7.53. The molecule has 0 amide bonds. The molecule has 20 heavy (non-hydrogen) atoms. The molecule has 1 aromatic heterocycles. The molecule has 0 bridgehead atoms. The van der Waals surface area contributed by atoms with Crippen LogP contribution in [0.15, 0.2) is 4.52 Å². The van der Waals surface area contributed by atoms with Crippen molar-refractivity contribution in [2.45, 2.75) is 77.0 Å². The first-order chi connectivity index (χ1) is 9.90. The molecule has 2 heterocycles. The van der Waals surface area contributed by atoms with Crippen LogP contribution in [0.2, 0.25) is 0 Å². The van der Waals surface area contributed by atoms with Crippen LogP contribution in [0.25, 0.3) is 0 Å². The van der Waals surface area contributed by atoms with Gasteiger partial charge in [0.25, 0.3) is 0 Å². The molecule has 1 saturated heterocycles. The molecular weight excluding hydrogens is 250 g/mol. The number of hydrogen-bond donors (Lipinski definition) is 1. The number of unbranched alkanes of at least 4 members (excludes halogenated alkanes) is 6. The molecule has 0 radical (unpaired) electrons. The average molecular weight is 279 g/mol. The Hall–Kier alpha value is -0.900. The topological polar surface area (TPSA) is 51.0 Å². The summed E-state index contributed by atoms with van der Waals surface area (Å²) in [5.74, 6) is 2.28. The van der Waals surface area contributed by atoms with Gasteiger partial charge in [0.1, 0.15) is 0 Å². The van der Waals surface area contributed by atoms with Crippen LogP contribution in [0.4, 0.5) is 0 Å². The highest BCUT2D eigenvalue weighted by atomic mass is 16.5. The molecule has 114 valence electrons. The molecule has 0 saturated carbocycles. The van der Waals surface area contributed by atoms with Crippen LogP contribution in [0.3, 0.4) is 0 Å². The molecule has 1 aliphatic heterocycles. The molecule has 0 unspecified atom stereocenters. The molecule has 0 spiro atoms.